The number of benzene rings is 2. The van der Waals surface area contributed by atoms with Gasteiger partial charge in [-0.25, -0.2) is 0 Å². The van der Waals surface area contributed by atoms with E-state index < -0.39 is 6.10 Å². The van der Waals surface area contributed by atoms with Gasteiger partial charge in [-0.1, -0.05) is 36.2 Å². The summed E-state index contributed by atoms with van der Waals surface area (Å²) in [6, 6.07) is 9.19. The molecule has 0 spiro atoms. The Bertz CT molecular complexity index is 798. The minimum absolute atomic E-state index is 0.144. The molecule has 126 valence electrons. The molecule has 7 heteroatoms. The van der Waals surface area contributed by atoms with Gasteiger partial charge in [0.1, 0.15) is 5.75 Å². The average molecular weight is 383 g/mol. The van der Waals surface area contributed by atoms with E-state index in [9.17, 15) is 4.79 Å². The average Bonchev–Trinajstić information content (AvgIpc) is 2.55. The van der Waals surface area contributed by atoms with E-state index in [1.807, 2.05) is 38.1 Å². The molecule has 0 aliphatic carbocycles. The number of anilines is 2. The number of hydrogen-bond donors (Lipinski definition) is 2. The highest BCUT2D eigenvalue weighted by Gasteiger charge is 2.27. The van der Waals surface area contributed by atoms with Crippen LogP contribution < -0.4 is 14.8 Å². The normalized spacial score (nSPS) is 16.2. The molecule has 0 bridgehead atoms. The number of fused-ring (bicyclic) bond motifs is 1. The van der Waals surface area contributed by atoms with Crippen molar-refractivity contribution < 1.29 is 9.53 Å². The summed E-state index contributed by atoms with van der Waals surface area (Å²) < 4.78 is 9.01. The van der Waals surface area contributed by atoms with Crippen LogP contribution in [0, 0.1) is 6.92 Å². The van der Waals surface area contributed by atoms with Crippen molar-refractivity contribution in [3.8, 4) is 5.75 Å². The Labute approximate surface area is 155 Å². The predicted octanol–water partition coefficient (Wildman–Crippen LogP) is 5.53. The first-order chi connectivity index (χ1) is 11.5. The predicted molar refractivity (Wildman–Crippen MR) is 100 cm³/mol. The summed E-state index contributed by atoms with van der Waals surface area (Å²) in [4.78, 5) is 12.7. The fourth-order valence-electron chi connectivity index (χ4n) is 2.31. The largest absolute Gasteiger partial charge is 0.478 e. The zero-order valence-corrected chi connectivity index (χ0v) is 15.5. The van der Waals surface area contributed by atoms with E-state index >= 15 is 0 Å². The maximum atomic E-state index is 11.9. The van der Waals surface area contributed by atoms with Crippen molar-refractivity contribution in [3.05, 3.63) is 45.9 Å². The Hall–Kier alpha value is -1.56. The van der Waals surface area contributed by atoms with Gasteiger partial charge in [0.15, 0.2) is 6.10 Å². The number of ether oxygens (including phenoxy) is 1. The van der Waals surface area contributed by atoms with Gasteiger partial charge in [-0.2, -0.15) is 0 Å². The maximum Gasteiger partial charge on any atom is 0.265 e. The lowest BCUT2D eigenvalue weighted by atomic mass is 10.2. The van der Waals surface area contributed by atoms with E-state index in [0.29, 0.717) is 27.9 Å². The molecule has 0 saturated heterocycles. The van der Waals surface area contributed by atoms with E-state index in [1.54, 1.807) is 6.07 Å². The molecule has 0 fully saturated rings. The van der Waals surface area contributed by atoms with Crippen LogP contribution in [0.25, 0.3) is 0 Å². The molecule has 1 heterocycles. The number of nitrogens with one attached hydrogen (secondary N) is 2. The van der Waals surface area contributed by atoms with Gasteiger partial charge in [0.25, 0.3) is 5.91 Å². The Morgan fingerprint density at radius 3 is 2.83 bits per heavy atom. The maximum absolute atomic E-state index is 11.9. The number of aryl methyl sites for hydroxylation is 1. The third-order valence-corrected chi connectivity index (χ3v) is 5.23. The van der Waals surface area contributed by atoms with Gasteiger partial charge in [-0.05, 0) is 55.1 Å². The Morgan fingerprint density at radius 1 is 1.29 bits per heavy atom. The summed E-state index contributed by atoms with van der Waals surface area (Å²) in [5.74, 6) is 0.479. The van der Waals surface area contributed by atoms with Crippen LogP contribution >= 0.6 is 35.1 Å². The number of rotatable bonds is 4. The van der Waals surface area contributed by atoms with Crippen molar-refractivity contribution >= 4 is 52.4 Å². The van der Waals surface area contributed by atoms with Gasteiger partial charge < -0.3 is 14.8 Å². The lowest BCUT2D eigenvalue weighted by molar-refractivity contribution is -0.123. The molecular formula is C17H16Cl2N2O2S. The second-order valence-electron chi connectivity index (χ2n) is 5.45. The third kappa shape index (κ3) is 3.58. The van der Waals surface area contributed by atoms with Gasteiger partial charge in [-0.15, -0.1) is 0 Å². The van der Waals surface area contributed by atoms with Crippen molar-refractivity contribution in [1.29, 1.82) is 0 Å². The minimum Gasteiger partial charge on any atom is -0.478 e. The first-order valence-corrected chi connectivity index (χ1v) is 9.05. The zero-order valence-electron chi connectivity index (χ0n) is 13.2. The monoisotopic (exact) mass is 382 g/mol. The smallest absolute Gasteiger partial charge is 0.265 e. The van der Waals surface area contributed by atoms with Crippen LogP contribution in [0.2, 0.25) is 10.0 Å². The molecule has 0 aromatic heterocycles. The molecule has 1 aliphatic heterocycles. The van der Waals surface area contributed by atoms with Gasteiger partial charge >= 0.3 is 0 Å². The van der Waals surface area contributed by atoms with Crippen molar-refractivity contribution in [2.24, 2.45) is 0 Å². The highest BCUT2D eigenvalue weighted by atomic mass is 35.5. The molecule has 24 heavy (non-hydrogen) atoms. The molecule has 1 atom stereocenters. The summed E-state index contributed by atoms with van der Waals surface area (Å²) in [6.07, 6.45) is 0.135. The number of carbonyl (C=O) groups excluding carboxylic acids is 1. The summed E-state index contributed by atoms with van der Waals surface area (Å²) in [6.45, 7) is 3.91. The van der Waals surface area contributed by atoms with Gasteiger partial charge in [0.2, 0.25) is 0 Å². The van der Waals surface area contributed by atoms with Crippen LogP contribution in [0.4, 0.5) is 11.4 Å². The van der Waals surface area contributed by atoms with E-state index in [2.05, 4.69) is 10.0 Å². The second-order valence-corrected chi connectivity index (χ2v) is 7.14. The summed E-state index contributed by atoms with van der Waals surface area (Å²) in [7, 11) is 0. The van der Waals surface area contributed by atoms with E-state index in [1.165, 1.54) is 11.9 Å². The number of carbonyl (C=O) groups is 1. The van der Waals surface area contributed by atoms with Crippen LogP contribution in [0.15, 0.2) is 35.2 Å². The number of halogens is 2. The van der Waals surface area contributed by atoms with Gasteiger partial charge in [-0.3, -0.25) is 4.79 Å². The molecule has 2 aromatic carbocycles. The van der Waals surface area contributed by atoms with Gasteiger partial charge in [0, 0.05) is 10.7 Å². The van der Waals surface area contributed by atoms with Crippen molar-refractivity contribution in [2.75, 3.05) is 10.0 Å². The summed E-state index contributed by atoms with van der Waals surface area (Å²) >= 11 is 13.7. The second kappa shape index (κ2) is 7.13. The lowest BCUT2D eigenvalue weighted by Crippen LogP contribution is -2.36. The van der Waals surface area contributed by atoms with E-state index in [-0.39, 0.29) is 5.91 Å². The first-order valence-electron chi connectivity index (χ1n) is 7.48. The Kier molecular flexibility index (Phi) is 5.13. The summed E-state index contributed by atoms with van der Waals surface area (Å²) in [5.41, 5.74) is 2.59. The van der Waals surface area contributed by atoms with Crippen molar-refractivity contribution in [1.82, 2.24) is 0 Å². The topological polar surface area (TPSA) is 50.4 Å². The first kappa shape index (κ1) is 17.3. The van der Waals surface area contributed by atoms with Crippen LogP contribution in [-0.4, -0.2) is 12.0 Å². The Morgan fingerprint density at radius 2 is 2.08 bits per heavy atom. The van der Waals surface area contributed by atoms with E-state index in [0.717, 1.165) is 16.1 Å². The van der Waals surface area contributed by atoms with E-state index in [4.69, 9.17) is 27.9 Å². The molecule has 1 unspecified atom stereocenters. The molecular weight excluding hydrogens is 367 g/mol. The molecule has 0 radical (unpaired) electrons. The van der Waals surface area contributed by atoms with Gasteiger partial charge in [0.05, 0.1) is 15.6 Å². The van der Waals surface area contributed by atoms with Crippen molar-refractivity contribution in [3.63, 3.8) is 0 Å². The standard InChI is InChI=1S/C17H16Cl2N2O2S/c1-3-14-17(22)20-13-7-11(19)16(8-15(13)23-14)24-21-12-6-10(18)5-4-9(12)2/h4-8,14,21H,3H2,1-2H3,(H,20,22). The van der Waals surface area contributed by atoms with Crippen LogP contribution in [0.5, 0.6) is 5.75 Å². The fourth-order valence-corrected chi connectivity index (χ4v) is 3.52. The third-order valence-electron chi connectivity index (χ3n) is 3.69. The molecule has 1 aliphatic rings. The molecule has 2 aromatic rings. The lowest BCUT2D eigenvalue weighted by Gasteiger charge is -2.25. The number of amides is 1. The van der Waals surface area contributed by atoms with Crippen molar-refractivity contribution in [2.45, 2.75) is 31.3 Å². The molecule has 0 saturated carbocycles. The molecule has 2 N–H and O–H groups in total. The SMILES string of the molecule is CCC1Oc2cc(SNc3cc(Cl)ccc3C)c(Cl)cc2NC1=O. The fraction of sp³-hybridized carbons (Fsp3) is 0.235. The highest BCUT2D eigenvalue weighted by Crippen LogP contribution is 2.39. The zero-order chi connectivity index (χ0) is 17.3. The summed E-state index contributed by atoms with van der Waals surface area (Å²) in [5, 5.41) is 4.02. The molecule has 1 amide bonds. The quantitative estimate of drug-likeness (QED) is 0.682. The number of hydrogen-bond acceptors (Lipinski definition) is 4. The van der Waals surface area contributed by atoms with Crippen LogP contribution in [-0.2, 0) is 4.79 Å². The van der Waals surface area contributed by atoms with Crippen LogP contribution in [0.1, 0.15) is 18.9 Å². The highest BCUT2D eigenvalue weighted by molar-refractivity contribution is 8.00. The molecule has 3 rings (SSSR count). The minimum atomic E-state index is -0.473. The Balaban J connectivity index is 1.82. The van der Waals surface area contributed by atoms with Crippen LogP contribution in [0.3, 0.4) is 0 Å². The molecule has 4 nitrogen and oxygen atoms in total.